The molecule has 1 aromatic rings. The molecule has 0 N–H and O–H groups in total. The van der Waals surface area contributed by atoms with Gasteiger partial charge in [-0.05, 0) is 48.7 Å². The van der Waals surface area contributed by atoms with Crippen molar-refractivity contribution in [1.29, 1.82) is 0 Å². The molecule has 0 saturated carbocycles. The molecule has 3 rings (SSSR count). The van der Waals surface area contributed by atoms with E-state index in [4.69, 9.17) is 21.7 Å². The second-order valence-corrected chi connectivity index (χ2v) is 7.99. The van der Waals surface area contributed by atoms with E-state index in [2.05, 4.69) is 41.2 Å². The zero-order valence-corrected chi connectivity index (χ0v) is 17.8. The van der Waals surface area contributed by atoms with Crippen LogP contribution < -0.4 is 9.47 Å². The molecule has 5 nitrogen and oxygen atoms in total. The summed E-state index contributed by atoms with van der Waals surface area (Å²) < 4.78 is 11.1. The Morgan fingerprint density at radius 3 is 2.43 bits per heavy atom. The van der Waals surface area contributed by atoms with Gasteiger partial charge in [-0.25, -0.2) is 0 Å². The Morgan fingerprint density at radius 2 is 1.68 bits per heavy atom. The smallest absolute Gasteiger partial charge is 0.241 e. The van der Waals surface area contributed by atoms with Crippen LogP contribution in [0.15, 0.2) is 33.4 Å². The highest BCUT2D eigenvalue weighted by Crippen LogP contribution is 2.40. The molecule has 2 heterocycles. The molecule has 1 aromatic carbocycles. The molecule has 28 heavy (non-hydrogen) atoms. The van der Waals surface area contributed by atoms with E-state index in [1.54, 1.807) is 0 Å². The summed E-state index contributed by atoms with van der Waals surface area (Å²) in [6.07, 6.45) is 10.9. The molecule has 0 amide bonds. The third kappa shape index (κ3) is 5.37. The van der Waals surface area contributed by atoms with Crippen LogP contribution in [0.25, 0.3) is 0 Å². The number of hydrogen-bond acceptors (Lipinski definition) is 4. The molecular formula is C22H31N3O2S. The third-order valence-corrected chi connectivity index (χ3v) is 5.73. The summed E-state index contributed by atoms with van der Waals surface area (Å²) in [7, 11) is 0. The second-order valence-electron chi connectivity index (χ2n) is 7.62. The molecule has 0 aromatic heterocycles. The fourth-order valence-electron chi connectivity index (χ4n) is 4.10. The molecule has 2 aliphatic heterocycles. The number of unbranched alkanes of at least 4 members (excludes halogenated alkanes) is 5. The Bertz CT molecular complexity index is 732. The number of azo groups is 1. The first kappa shape index (κ1) is 20.9. The number of ether oxygens (including phenoxy) is 2. The average Bonchev–Trinajstić information content (AvgIpc) is 3.34. The van der Waals surface area contributed by atoms with Crippen molar-refractivity contribution in [3.8, 4) is 11.5 Å². The van der Waals surface area contributed by atoms with E-state index in [0.717, 1.165) is 36.6 Å². The highest BCUT2D eigenvalue weighted by Gasteiger charge is 2.30. The fourth-order valence-corrected chi connectivity index (χ4v) is 4.24. The van der Waals surface area contributed by atoms with E-state index in [1.807, 2.05) is 6.07 Å². The number of thiocarbonyl (C=S) groups is 1. The first-order valence-electron chi connectivity index (χ1n) is 10.7. The number of hydrogen-bond donors (Lipinski definition) is 0. The van der Waals surface area contributed by atoms with Gasteiger partial charge in [-0.2, -0.15) is 4.99 Å². The molecule has 0 spiro atoms. The topological polar surface area (TPSA) is 55.5 Å². The fraction of sp³-hybridized carbons (Fsp3) is 0.636. The summed E-state index contributed by atoms with van der Waals surface area (Å²) in [6.45, 7) is 4.78. The van der Waals surface area contributed by atoms with Gasteiger partial charge in [0.15, 0.2) is 17.3 Å². The highest BCUT2D eigenvalue weighted by atomic mass is 32.1. The van der Waals surface area contributed by atoms with Crippen molar-refractivity contribution in [2.24, 2.45) is 21.1 Å². The summed E-state index contributed by atoms with van der Waals surface area (Å²) in [5.41, 5.74) is 1.26. The number of rotatable bonds is 12. The number of amidine groups is 1. The van der Waals surface area contributed by atoms with Crippen molar-refractivity contribution in [1.82, 2.24) is 0 Å². The van der Waals surface area contributed by atoms with Crippen LogP contribution in [0.4, 0.5) is 0 Å². The van der Waals surface area contributed by atoms with E-state index < -0.39 is 0 Å². The first-order chi connectivity index (χ1) is 13.7. The number of aliphatic imine (C=N–C) groups is 1. The standard InChI is InChI=1S/C22H31N3O2S/c1-3-5-6-7-8-9-11-18(21-23-22(28)25-24-21)17(10-4-2)16-12-13-19-20(14-16)27-15-26-19/h12-14,17-18H,3-11,15H2,1-2H3. The van der Waals surface area contributed by atoms with Gasteiger partial charge in [0.05, 0.1) is 0 Å². The Balaban J connectivity index is 1.76. The largest absolute Gasteiger partial charge is 0.454 e. The van der Waals surface area contributed by atoms with Gasteiger partial charge in [-0.15, -0.1) is 10.2 Å². The van der Waals surface area contributed by atoms with Gasteiger partial charge >= 0.3 is 0 Å². The van der Waals surface area contributed by atoms with Gasteiger partial charge in [-0.3, -0.25) is 0 Å². The maximum Gasteiger partial charge on any atom is 0.241 e. The number of fused-ring (bicyclic) bond motifs is 1. The third-order valence-electron chi connectivity index (χ3n) is 5.56. The molecule has 0 radical (unpaired) electrons. The lowest BCUT2D eigenvalue weighted by atomic mass is 9.79. The number of nitrogens with zero attached hydrogens (tertiary/aromatic N) is 3. The Kier molecular flexibility index (Phi) is 7.95. The molecule has 6 heteroatoms. The van der Waals surface area contributed by atoms with E-state index in [0.29, 0.717) is 17.8 Å². The van der Waals surface area contributed by atoms with Crippen molar-refractivity contribution >= 4 is 23.2 Å². The number of benzene rings is 1. The van der Waals surface area contributed by atoms with Crippen molar-refractivity contribution in [2.45, 2.75) is 77.6 Å². The summed E-state index contributed by atoms with van der Waals surface area (Å²) >= 11 is 5.15. The minimum absolute atomic E-state index is 0.232. The maximum atomic E-state index is 5.61. The van der Waals surface area contributed by atoms with Crippen LogP contribution in [-0.2, 0) is 0 Å². The SMILES string of the molecule is CCCCCCCCC(C1=NC(=S)N=N1)C(CCC)c1ccc2c(c1)OCO2. The molecule has 0 aliphatic carbocycles. The lowest BCUT2D eigenvalue weighted by Crippen LogP contribution is -2.21. The van der Waals surface area contributed by atoms with Crippen LogP contribution in [0.1, 0.15) is 83.1 Å². The maximum absolute atomic E-state index is 5.61. The van der Waals surface area contributed by atoms with Crippen LogP contribution >= 0.6 is 12.2 Å². The van der Waals surface area contributed by atoms with Crippen LogP contribution in [0.5, 0.6) is 11.5 Å². The van der Waals surface area contributed by atoms with E-state index in [-0.39, 0.29) is 5.92 Å². The summed E-state index contributed by atoms with van der Waals surface area (Å²) in [4.78, 5) is 4.48. The van der Waals surface area contributed by atoms with Gasteiger partial charge in [0.25, 0.3) is 0 Å². The summed E-state index contributed by atoms with van der Waals surface area (Å²) in [6, 6.07) is 6.31. The van der Waals surface area contributed by atoms with E-state index in [9.17, 15) is 0 Å². The van der Waals surface area contributed by atoms with Crippen molar-refractivity contribution in [3.63, 3.8) is 0 Å². The molecule has 2 atom stereocenters. The molecule has 0 fully saturated rings. The minimum atomic E-state index is 0.232. The Labute approximate surface area is 173 Å². The van der Waals surface area contributed by atoms with E-state index >= 15 is 0 Å². The normalized spacial score (nSPS) is 17.1. The predicted octanol–water partition coefficient (Wildman–Crippen LogP) is 6.82. The van der Waals surface area contributed by atoms with Crippen molar-refractivity contribution in [2.75, 3.05) is 6.79 Å². The molecule has 0 bridgehead atoms. The summed E-state index contributed by atoms with van der Waals surface area (Å²) in [5.74, 6) is 3.02. The van der Waals surface area contributed by atoms with Crippen LogP contribution in [0.2, 0.25) is 0 Å². The van der Waals surface area contributed by atoms with Crippen molar-refractivity contribution in [3.05, 3.63) is 23.8 Å². The van der Waals surface area contributed by atoms with Gasteiger partial charge in [0, 0.05) is 5.92 Å². The zero-order valence-electron chi connectivity index (χ0n) is 17.0. The first-order valence-corrected chi connectivity index (χ1v) is 11.1. The predicted molar refractivity (Wildman–Crippen MR) is 117 cm³/mol. The molecule has 2 aliphatic rings. The van der Waals surface area contributed by atoms with E-state index in [1.165, 1.54) is 44.1 Å². The van der Waals surface area contributed by atoms with Gasteiger partial charge in [0.1, 0.15) is 0 Å². The van der Waals surface area contributed by atoms with Gasteiger partial charge in [0.2, 0.25) is 11.9 Å². The van der Waals surface area contributed by atoms with Gasteiger partial charge in [-0.1, -0.05) is 64.9 Å². The van der Waals surface area contributed by atoms with Crippen LogP contribution in [-0.4, -0.2) is 17.7 Å². The van der Waals surface area contributed by atoms with Gasteiger partial charge < -0.3 is 9.47 Å². The Hall–Kier alpha value is -1.82. The van der Waals surface area contributed by atoms with Crippen LogP contribution in [0.3, 0.4) is 0 Å². The van der Waals surface area contributed by atoms with Crippen LogP contribution in [0, 0.1) is 5.92 Å². The highest BCUT2D eigenvalue weighted by molar-refractivity contribution is 7.80. The summed E-state index contributed by atoms with van der Waals surface area (Å²) in [5, 5.41) is 8.68. The second kappa shape index (κ2) is 10.6. The minimum Gasteiger partial charge on any atom is -0.454 e. The zero-order chi connectivity index (χ0) is 19.8. The quantitative estimate of drug-likeness (QED) is 0.285. The lowest BCUT2D eigenvalue weighted by molar-refractivity contribution is 0.174. The molecular weight excluding hydrogens is 370 g/mol. The lowest BCUT2D eigenvalue weighted by Gasteiger charge is -2.26. The average molecular weight is 402 g/mol. The monoisotopic (exact) mass is 401 g/mol. The molecule has 2 unspecified atom stereocenters. The Morgan fingerprint density at radius 1 is 0.893 bits per heavy atom. The van der Waals surface area contributed by atoms with Crippen molar-refractivity contribution < 1.29 is 9.47 Å². The molecule has 0 saturated heterocycles. The molecule has 152 valence electrons.